The number of aliphatic hydroxyl groups is 1. The van der Waals surface area contributed by atoms with Gasteiger partial charge in [-0.3, -0.25) is 14.5 Å². The van der Waals surface area contributed by atoms with Gasteiger partial charge in [0, 0.05) is 19.6 Å². The van der Waals surface area contributed by atoms with Crippen LogP contribution in [0.3, 0.4) is 0 Å². The number of halogens is 1. The number of amides is 1. The summed E-state index contributed by atoms with van der Waals surface area (Å²) in [5, 5.41) is 11.4. The minimum Gasteiger partial charge on any atom is -0.390 e. The van der Waals surface area contributed by atoms with Gasteiger partial charge in [0.25, 0.3) is 5.91 Å². The molecule has 2 atom stereocenters. The Balaban J connectivity index is 1.58. The molecule has 126 valence electrons. The maximum Gasteiger partial charge on any atom is 0.274 e. The topological polar surface area (TPSA) is 62.2 Å². The van der Waals surface area contributed by atoms with Gasteiger partial charge in [-0.05, 0) is 5.56 Å². The van der Waals surface area contributed by atoms with Crippen LogP contribution in [0, 0.1) is 0 Å². The summed E-state index contributed by atoms with van der Waals surface area (Å²) in [6, 6.07) is 9.16. The normalized spacial score (nSPS) is 27.4. The Morgan fingerprint density at radius 1 is 1.22 bits per heavy atom. The molecule has 0 saturated carbocycles. The number of alkyl halides is 1. The molecule has 2 aliphatic rings. The Morgan fingerprint density at radius 3 is 2.61 bits per heavy atom. The van der Waals surface area contributed by atoms with E-state index in [2.05, 4.69) is 4.90 Å². The lowest BCUT2D eigenvalue weighted by atomic mass is 9.99. The molecule has 7 heteroatoms. The standard InChI is InChI=1S/C16H21ClN2O4/c17-16(13-4-2-1-3-5-13)12-23-19(15(16)21)11-14(20)10-18-6-8-22-9-7-18/h1-5,14,20H,6-12H2. The molecule has 1 aromatic carbocycles. The number of rotatable bonds is 5. The molecule has 0 spiro atoms. The van der Waals surface area contributed by atoms with Gasteiger partial charge < -0.3 is 9.84 Å². The van der Waals surface area contributed by atoms with Crippen LogP contribution < -0.4 is 0 Å². The number of β-amino-alcohol motifs (C(OH)–C–C–N with tert-alkyl or cyclic N) is 1. The number of hydroxylamine groups is 2. The van der Waals surface area contributed by atoms with Gasteiger partial charge in [-0.2, -0.15) is 0 Å². The number of ether oxygens (including phenoxy) is 1. The van der Waals surface area contributed by atoms with Crippen LogP contribution in [0.4, 0.5) is 0 Å². The van der Waals surface area contributed by atoms with Gasteiger partial charge in [0.15, 0.2) is 4.87 Å². The Morgan fingerprint density at radius 2 is 1.91 bits per heavy atom. The third-order valence-electron chi connectivity index (χ3n) is 4.17. The quantitative estimate of drug-likeness (QED) is 0.795. The maximum atomic E-state index is 12.6. The average molecular weight is 341 g/mol. The van der Waals surface area contributed by atoms with E-state index in [4.69, 9.17) is 21.2 Å². The average Bonchev–Trinajstić information content (AvgIpc) is 2.86. The number of benzene rings is 1. The van der Waals surface area contributed by atoms with Crippen molar-refractivity contribution in [1.82, 2.24) is 9.96 Å². The largest absolute Gasteiger partial charge is 0.390 e. The number of aliphatic hydroxyl groups excluding tert-OH is 1. The zero-order valence-corrected chi connectivity index (χ0v) is 13.6. The van der Waals surface area contributed by atoms with E-state index in [1.54, 1.807) is 0 Å². The number of nitrogens with zero attached hydrogens (tertiary/aromatic N) is 2. The highest BCUT2D eigenvalue weighted by Gasteiger charge is 2.48. The smallest absolute Gasteiger partial charge is 0.274 e. The lowest BCUT2D eigenvalue weighted by Gasteiger charge is -2.29. The predicted molar refractivity (Wildman–Crippen MR) is 84.9 cm³/mol. The van der Waals surface area contributed by atoms with E-state index in [0.717, 1.165) is 13.1 Å². The van der Waals surface area contributed by atoms with Crippen molar-refractivity contribution >= 4 is 17.5 Å². The molecule has 0 aliphatic carbocycles. The van der Waals surface area contributed by atoms with Crippen molar-refractivity contribution in [2.45, 2.75) is 11.0 Å². The molecular weight excluding hydrogens is 320 g/mol. The van der Waals surface area contributed by atoms with E-state index >= 15 is 0 Å². The summed E-state index contributed by atoms with van der Waals surface area (Å²) in [4.78, 5) is 18.9. The first-order valence-electron chi connectivity index (χ1n) is 7.77. The summed E-state index contributed by atoms with van der Waals surface area (Å²) >= 11 is 6.49. The van der Waals surface area contributed by atoms with Crippen molar-refractivity contribution < 1.29 is 19.5 Å². The van der Waals surface area contributed by atoms with Crippen molar-refractivity contribution in [3.05, 3.63) is 35.9 Å². The van der Waals surface area contributed by atoms with Gasteiger partial charge >= 0.3 is 0 Å². The second-order valence-corrected chi connectivity index (χ2v) is 6.52. The number of carbonyl (C=O) groups is 1. The maximum absolute atomic E-state index is 12.6. The molecular formula is C16H21ClN2O4. The van der Waals surface area contributed by atoms with Gasteiger partial charge in [0.2, 0.25) is 0 Å². The predicted octanol–water partition coefficient (Wildman–Crippen LogP) is 0.588. The summed E-state index contributed by atoms with van der Waals surface area (Å²) in [6.07, 6.45) is -0.688. The highest BCUT2D eigenvalue weighted by molar-refractivity contribution is 6.35. The van der Waals surface area contributed by atoms with E-state index in [1.807, 2.05) is 30.3 Å². The molecule has 2 saturated heterocycles. The van der Waals surface area contributed by atoms with Crippen LogP contribution in [-0.4, -0.2) is 73.1 Å². The molecule has 2 fully saturated rings. The van der Waals surface area contributed by atoms with Gasteiger partial charge in [0.05, 0.1) is 25.9 Å². The van der Waals surface area contributed by atoms with Crippen LogP contribution in [0.15, 0.2) is 30.3 Å². The Kier molecular flexibility index (Phi) is 5.18. The highest BCUT2D eigenvalue weighted by atomic mass is 35.5. The fourth-order valence-electron chi connectivity index (χ4n) is 2.86. The monoisotopic (exact) mass is 340 g/mol. The van der Waals surface area contributed by atoms with Crippen molar-refractivity contribution in [3.8, 4) is 0 Å². The SMILES string of the molecule is O=C1N(CC(O)CN2CCOCC2)OCC1(Cl)c1ccccc1. The molecule has 1 amide bonds. The second kappa shape index (κ2) is 7.15. The van der Waals surface area contributed by atoms with Crippen LogP contribution in [0.1, 0.15) is 5.56 Å². The fourth-order valence-corrected chi connectivity index (χ4v) is 3.13. The van der Waals surface area contributed by atoms with Crippen LogP contribution in [0.5, 0.6) is 0 Å². The molecule has 6 nitrogen and oxygen atoms in total. The van der Waals surface area contributed by atoms with Crippen molar-refractivity contribution in [1.29, 1.82) is 0 Å². The van der Waals surface area contributed by atoms with Crippen molar-refractivity contribution in [2.75, 3.05) is 46.0 Å². The minimum absolute atomic E-state index is 0.0711. The number of carbonyl (C=O) groups excluding carboxylic acids is 1. The molecule has 1 aromatic rings. The van der Waals surface area contributed by atoms with Gasteiger partial charge in [-0.1, -0.05) is 30.3 Å². The third-order valence-corrected chi connectivity index (χ3v) is 4.65. The Hall–Kier alpha value is -1.18. The number of hydrogen-bond donors (Lipinski definition) is 1. The molecule has 2 unspecified atom stereocenters. The first-order chi connectivity index (χ1) is 11.1. The van der Waals surface area contributed by atoms with Crippen LogP contribution in [0.25, 0.3) is 0 Å². The van der Waals surface area contributed by atoms with E-state index < -0.39 is 11.0 Å². The zero-order chi connectivity index (χ0) is 16.3. The van der Waals surface area contributed by atoms with E-state index in [-0.39, 0.29) is 19.1 Å². The summed E-state index contributed by atoms with van der Waals surface area (Å²) in [7, 11) is 0. The summed E-state index contributed by atoms with van der Waals surface area (Å²) in [5.41, 5.74) is 0.705. The molecule has 0 bridgehead atoms. The van der Waals surface area contributed by atoms with Gasteiger partial charge in [0.1, 0.15) is 6.61 Å². The minimum atomic E-state index is -1.21. The Bertz CT molecular complexity index is 538. The molecule has 1 N–H and O–H groups in total. The van der Waals surface area contributed by atoms with Crippen LogP contribution in [0.2, 0.25) is 0 Å². The zero-order valence-electron chi connectivity index (χ0n) is 12.9. The summed E-state index contributed by atoms with van der Waals surface area (Å²) < 4.78 is 5.28. The van der Waals surface area contributed by atoms with E-state index in [1.165, 1.54) is 5.06 Å². The van der Waals surface area contributed by atoms with Gasteiger partial charge in [-0.15, -0.1) is 11.6 Å². The van der Waals surface area contributed by atoms with E-state index in [9.17, 15) is 9.90 Å². The summed E-state index contributed by atoms with van der Waals surface area (Å²) in [6.45, 7) is 3.58. The molecule has 0 aromatic heterocycles. The first-order valence-corrected chi connectivity index (χ1v) is 8.15. The number of morpholine rings is 1. The van der Waals surface area contributed by atoms with Gasteiger partial charge in [-0.25, -0.2) is 5.06 Å². The molecule has 23 heavy (non-hydrogen) atoms. The highest BCUT2D eigenvalue weighted by Crippen LogP contribution is 2.36. The molecule has 2 aliphatic heterocycles. The lowest BCUT2D eigenvalue weighted by Crippen LogP contribution is -2.45. The lowest BCUT2D eigenvalue weighted by molar-refractivity contribution is -0.168. The number of hydrogen-bond acceptors (Lipinski definition) is 5. The third kappa shape index (κ3) is 3.67. The van der Waals surface area contributed by atoms with Crippen molar-refractivity contribution in [3.63, 3.8) is 0 Å². The molecule has 0 radical (unpaired) electrons. The van der Waals surface area contributed by atoms with Crippen LogP contribution >= 0.6 is 11.6 Å². The second-order valence-electron chi connectivity index (χ2n) is 5.87. The van der Waals surface area contributed by atoms with Crippen molar-refractivity contribution in [2.24, 2.45) is 0 Å². The fraction of sp³-hybridized carbons (Fsp3) is 0.562. The molecule has 2 heterocycles. The summed E-state index contributed by atoms with van der Waals surface area (Å²) in [5.74, 6) is -0.327. The Labute approximate surface area is 140 Å². The van der Waals surface area contributed by atoms with E-state index in [0.29, 0.717) is 25.3 Å². The first kappa shape index (κ1) is 16.7. The van der Waals surface area contributed by atoms with Crippen LogP contribution in [-0.2, 0) is 19.2 Å². The molecule has 3 rings (SSSR count).